The number of aromatic nitrogens is 1. The van der Waals surface area contributed by atoms with Crippen LogP contribution < -0.4 is 0 Å². The zero-order valence-corrected chi connectivity index (χ0v) is 16.3. The minimum absolute atomic E-state index is 0.0472. The van der Waals surface area contributed by atoms with Crippen LogP contribution in [0.5, 0.6) is 0 Å². The molecule has 1 aromatic heterocycles. The van der Waals surface area contributed by atoms with Gasteiger partial charge in [0.05, 0.1) is 0 Å². The zero-order chi connectivity index (χ0) is 18.2. The van der Waals surface area contributed by atoms with Crippen molar-refractivity contribution < 1.29 is 4.42 Å². The molecule has 2 heteroatoms. The lowest BCUT2D eigenvalue weighted by atomic mass is 9.76. The first-order valence-electron chi connectivity index (χ1n) is 9.29. The van der Waals surface area contributed by atoms with E-state index in [9.17, 15) is 0 Å². The smallest absolute Gasteiger partial charge is 0.227 e. The van der Waals surface area contributed by atoms with Crippen molar-refractivity contribution in [1.29, 1.82) is 0 Å². The largest absolute Gasteiger partial charge is 0.436 e. The fraction of sp³-hybridized carbons (Fsp3) is 0.435. The first-order valence-corrected chi connectivity index (χ1v) is 9.29. The fourth-order valence-corrected chi connectivity index (χ4v) is 3.02. The van der Waals surface area contributed by atoms with E-state index in [1.807, 2.05) is 30.3 Å². The number of hydrogen-bond acceptors (Lipinski definition) is 2. The molecule has 2 nitrogen and oxygen atoms in total. The maximum Gasteiger partial charge on any atom is 0.227 e. The molecule has 3 rings (SSSR count). The highest BCUT2D eigenvalue weighted by Crippen LogP contribution is 2.39. The Balaban J connectivity index is 2.28. The van der Waals surface area contributed by atoms with Crippen LogP contribution in [-0.4, -0.2) is 4.98 Å². The standard InChI is InChI=1S/C23H29NO/c1-7-22(3,4)17-14-18(23(5,6)8-2)20-19(15-17)24-21(25-20)16-12-10-9-11-13-16/h9-15H,7-8H2,1-6H3/i21+1. The van der Waals surface area contributed by atoms with Crippen molar-refractivity contribution in [3.8, 4) is 11.5 Å². The van der Waals surface area contributed by atoms with Gasteiger partial charge in [-0.1, -0.05) is 65.8 Å². The molecule has 0 radical (unpaired) electrons. The molecule has 25 heavy (non-hydrogen) atoms. The van der Waals surface area contributed by atoms with Gasteiger partial charge in [-0.05, 0) is 47.4 Å². The molecule has 0 aliphatic rings. The Hall–Kier alpha value is -2.09. The maximum absolute atomic E-state index is 6.26. The number of rotatable bonds is 5. The van der Waals surface area contributed by atoms with E-state index in [2.05, 4.69) is 53.7 Å². The first-order chi connectivity index (χ1) is 11.8. The molecule has 2 aromatic carbocycles. The third kappa shape index (κ3) is 3.22. The maximum atomic E-state index is 6.26. The van der Waals surface area contributed by atoms with Gasteiger partial charge in [-0.25, -0.2) is 4.98 Å². The molecule has 132 valence electrons. The molecule has 0 amide bonds. The van der Waals surface area contributed by atoms with Crippen LogP contribution in [0.15, 0.2) is 46.9 Å². The van der Waals surface area contributed by atoms with Crippen LogP contribution in [0.3, 0.4) is 0 Å². The first kappa shape index (κ1) is 17.7. The van der Waals surface area contributed by atoms with Gasteiger partial charge in [-0.2, -0.15) is 0 Å². The Morgan fingerprint density at radius 1 is 0.880 bits per heavy atom. The van der Waals surface area contributed by atoms with Crippen molar-refractivity contribution in [2.75, 3.05) is 0 Å². The Labute approximate surface area is 151 Å². The van der Waals surface area contributed by atoms with Gasteiger partial charge in [-0.3, -0.25) is 0 Å². The number of hydrogen-bond donors (Lipinski definition) is 0. The molecular formula is C23H29NO. The summed E-state index contributed by atoms with van der Waals surface area (Å²) in [6.45, 7) is 13.7. The lowest BCUT2D eigenvalue weighted by Gasteiger charge is -2.28. The minimum Gasteiger partial charge on any atom is -0.436 e. The van der Waals surface area contributed by atoms with Gasteiger partial charge in [0.1, 0.15) is 5.52 Å². The van der Waals surface area contributed by atoms with Crippen LogP contribution in [-0.2, 0) is 10.8 Å². The lowest BCUT2D eigenvalue weighted by molar-refractivity contribution is 0.484. The van der Waals surface area contributed by atoms with E-state index in [0.29, 0.717) is 5.89 Å². The summed E-state index contributed by atoms with van der Waals surface area (Å²) in [6.07, 6.45) is 2.15. The van der Waals surface area contributed by atoms with Crippen LogP contribution in [0, 0.1) is 0 Å². The highest BCUT2D eigenvalue weighted by Gasteiger charge is 2.28. The monoisotopic (exact) mass is 336 g/mol. The summed E-state index contributed by atoms with van der Waals surface area (Å²) < 4.78 is 6.26. The van der Waals surface area contributed by atoms with Crippen LogP contribution in [0.4, 0.5) is 0 Å². The second kappa shape index (κ2) is 6.33. The molecule has 1 heterocycles. The van der Waals surface area contributed by atoms with Crippen LogP contribution in [0.1, 0.15) is 65.5 Å². The Kier molecular flexibility index (Phi) is 4.49. The van der Waals surface area contributed by atoms with E-state index in [4.69, 9.17) is 9.40 Å². The predicted molar refractivity (Wildman–Crippen MR) is 106 cm³/mol. The highest BCUT2D eigenvalue weighted by atomic mass is 16.4. The molecule has 0 fully saturated rings. The van der Waals surface area contributed by atoms with Crippen molar-refractivity contribution in [1.82, 2.24) is 4.98 Å². The van der Waals surface area contributed by atoms with Gasteiger partial charge in [0.2, 0.25) is 5.89 Å². The highest BCUT2D eigenvalue weighted by molar-refractivity contribution is 5.81. The summed E-state index contributed by atoms with van der Waals surface area (Å²) in [6, 6.07) is 14.7. The third-order valence-electron chi connectivity index (χ3n) is 5.79. The number of nitrogens with zero attached hydrogens (tertiary/aromatic N) is 1. The molecule has 0 unspecified atom stereocenters. The molecule has 0 aliphatic carbocycles. The lowest BCUT2D eigenvalue weighted by Crippen LogP contribution is -2.20. The predicted octanol–water partition coefficient (Wildman–Crippen LogP) is 6.87. The van der Waals surface area contributed by atoms with Gasteiger partial charge in [0.15, 0.2) is 5.58 Å². The number of oxazole rings is 1. The third-order valence-corrected chi connectivity index (χ3v) is 5.79. The zero-order valence-electron chi connectivity index (χ0n) is 16.3. The molecule has 0 atom stereocenters. The molecule has 0 bridgehead atoms. The van der Waals surface area contributed by atoms with E-state index in [-0.39, 0.29) is 10.8 Å². The Morgan fingerprint density at radius 2 is 1.52 bits per heavy atom. The van der Waals surface area contributed by atoms with E-state index in [1.54, 1.807) is 0 Å². The van der Waals surface area contributed by atoms with E-state index in [1.165, 1.54) is 11.1 Å². The summed E-state index contributed by atoms with van der Waals surface area (Å²) >= 11 is 0. The van der Waals surface area contributed by atoms with Crippen molar-refractivity contribution in [2.45, 2.75) is 65.2 Å². The summed E-state index contributed by atoms with van der Waals surface area (Å²) in [5.74, 6) is 0.704. The van der Waals surface area contributed by atoms with Gasteiger partial charge in [-0.15, -0.1) is 0 Å². The Morgan fingerprint density at radius 3 is 2.12 bits per heavy atom. The Bertz CT molecular complexity index is 872. The molecule has 0 N–H and O–H groups in total. The van der Waals surface area contributed by atoms with E-state index in [0.717, 1.165) is 29.5 Å². The molecular weight excluding hydrogens is 307 g/mol. The fourth-order valence-electron chi connectivity index (χ4n) is 3.02. The van der Waals surface area contributed by atoms with Crippen molar-refractivity contribution >= 4 is 11.1 Å². The molecule has 0 saturated heterocycles. The SMILES string of the molecule is CCC(C)(C)c1cc(C(C)(C)CC)c2o[13c](-c3ccccc3)nc2c1. The number of fused-ring (bicyclic) bond motifs is 1. The van der Waals surface area contributed by atoms with Gasteiger partial charge in [0.25, 0.3) is 0 Å². The molecule has 0 aliphatic heterocycles. The van der Waals surface area contributed by atoms with Crippen molar-refractivity contribution in [3.05, 3.63) is 53.6 Å². The van der Waals surface area contributed by atoms with Gasteiger partial charge >= 0.3 is 0 Å². The summed E-state index contributed by atoms with van der Waals surface area (Å²) in [5, 5.41) is 0. The van der Waals surface area contributed by atoms with Gasteiger partial charge in [0, 0.05) is 11.1 Å². The average molecular weight is 336 g/mol. The van der Waals surface area contributed by atoms with Crippen LogP contribution in [0.2, 0.25) is 0 Å². The quantitative estimate of drug-likeness (QED) is 0.508. The van der Waals surface area contributed by atoms with Crippen LogP contribution >= 0.6 is 0 Å². The second-order valence-corrected chi connectivity index (χ2v) is 8.23. The van der Waals surface area contributed by atoms with E-state index >= 15 is 0 Å². The topological polar surface area (TPSA) is 26.0 Å². The number of benzene rings is 2. The normalized spacial score (nSPS) is 12.7. The summed E-state index contributed by atoms with van der Waals surface area (Å²) in [5.41, 5.74) is 5.70. The molecule has 0 spiro atoms. The summed E-state index contributed by atoms with van der Waals surface area (Å²) in [7, 11) is 0. The molecule has 0 saturated carbocycles. The van der Waals surface area contributed by atoms with E-state index < -0.39 is 0 Å². The average Bonchev–Trinajstić information content (AvgIpc) is 3.05. The van der Waals surface area contributed by atoms with Crippen molar-refractivity contribution in [3.63, 3.8) is 0 Å². The van der Waals surface area contributed by atoms with Crippen molar-refractivity contribution in [2.24, 2.45) is 0 Å². The molecule has 3 aromatic rings. The summed E-state index contributed by atoms with van der Waals surface area (Å²) in [4.78, 5) is 4.83. The minimum atomic E-state index is 0.0472. The van der Waals surface area contributed by atoms with Gasteiger partial charge < -0.3 is 4.42 Å². The van der Waals surface area contributed by atoms with Crippen LogP contribution in [0.25, 0.3) is 22.6 Å². The second-order valence-electron chi connectivity index (χ2n) is 8.23.